The first-order chi connectivity index (χ1) is 10.9. The molecule has 0 unspecified atom stereocenters. The molecule has 0 atom stereocenters. The van der Waals surface area contributed by atoms with E-state index in [0.717, 1.165) is 12.1 Å². The number of hydrogen-bond acceptors (Lipinski definition) is 5. The van der Waals surface area contributed by atoms with Crippen molar-refractivity contribution in [1.82, 2.24) is 10.1 Å². The van der Waals surface area contributed by atoms with Crippen LogP contribution in [0.3, 0.4) is 0 Å². The van der Waals surface area contributed by atoms with Gasteiger partial charge in [0.05, 0.1) is 11.1 Å². The third-order valence-electron chi connectivity index (χ3n) is 3.02. The number of phenolic OH excluding ortho intramolecular Hbond substituents is 1. The van der Waals surface area contributed by atoms with Gasteiger partial charge in [-0.3, -0.25) is 0 Å². The lowest BCUT2D eigenvalue weighted by Gasteiger charge is -2.01. The number of rotatable bonds is 3. The van der Waals surface area contributed by atoms with E-state index in [4.69, 9.17) is 9.63 Å². The highest BCUT2D eigenvalue weighted by Crippen LogP contribution is 2.30. The highest BCUT2D eigenvalue weighted by molar-refractivity contribution is 5.90. The third kappa shape index (κ3) is 2.86. The lowest BCUT2D eigenvalue weighted by molar-refractivity contribution is 0.0697. The molecule has 0 aliphatic heterocycles. The second-order valence-corrected chi connectivity index (χ2v) is 4.62. The molecular weight excluding hydrogens is 310 g/mol. The summed E-state index contributed by atoms with van der Waals surface area (Å²) in [5.74, 6) is -3.34. The van der Waals surface area contributed by atoms with E-state index in [-0.39, 0.29) is 34.2 Å². The zero-order valence-electron chi connectivity index (χ0n) is 11.3. The average Bonchev–Trinajstić information content (AvgIpc) is 2.96. The number of aromatic carboxylic acids is 1. The second kappa shape index (κ2) is 5.48. The number of aromatic hydroxyl groups is 1. The average molecular weight is 318 g/mol. The molecule has 1 aromatic heterocycles. The smallest absolute Gasteiger partial charge is 0.335 e. The van der Waals surface area contributed by atoms with E-state index in [1.54, 1.807) is 0 Å². The van der Waals surface area contributed by atoms with Crippen LogP contribution in [0.2, 0.25) is 0 Å². The van der Waals surface area contributed by atoms with Crippen LogP contribution < -0.4 is 0 Å². The lowest BCUT2D eigenvalue weighted by Crippen LogP contribution is -1.96. The second-order valence-electron chi connectivity index (χ2n) is 4.62. The molecular formula is C15H8F2N2O4. The summed E-state index contributed by atoms with van der Waals surface area (Å²) in [6.45, 7) is 0. The van der Waals surface area contributed by atoms with Gasteiger partial charge in [0, 0.05) is 11.6 Å². The molecule has 0 bridgehead atoms. The van der Waals surface area contributed by atoms with Crippen molar-refractivity contribution in [2.24, 2.45) is 0 Å². The number of nitrogens with zero attached hydrogens (tertiary/aromatic N) is 2. The van der Waals surface area contributed by atoms with E-state index in [1.807, 2.05) is 0 Å². The topological polar surface area (TPSA) is 96.5 Å². The molecule has 0 saturated heterocycles. The fourth-order valence-corrected chi connectivity index (χ4v) is 1.98. The molecule has 0 aliphatic carbocycles. The van der Waals surface area contributed by atoms with Gasteiger partial charge < -0.3 is 14.7 Å². The first kappa shape index (κ1) is 14.6. The highest BCUT2D eigenvalue weighted by Gasteiger charge is 2.17. The van der Waals surface area contributed by atoms with Crippen molar-refractivity contribution in [3.8, 4) is 28.6 Å². The van der Waals surface area contributed by atoms with Gasteiger partial charge in [-0.2, -0.15) is 4.98 Å². The van der Waals surface area contributed by atoms with E-state index in [9.17, 15) is 18.7 Å². The van der Waals surface area contributed by atoms with Crippen LogP contribution in [0.5, 0.6) is 5.75 Å². The Bertz CT molecular complexity index is 888. The van der Waals surface area contributed by atoms with Gasteiger partial charge in [-0.15, -0.1) is 0 Å². The van der Waals surface area contributed by atoms with Crippen molar-refractivity contribution < 1.29 is 28.3 Å². The van der Waals surface area contributed by atoms with Crippen LogP contribution in [0, 0.1) is 11.6 Å². The van der Waals surface area contributed by atoms with Crippen LogP contribution in [0.4, 0.5) is 8.78 Å². The van der Waals surface area contributed by atoms with Gasteiger partial charge in [0.25, 0.3) is 5.89 Å². The molecule has 0 aliphatic rings. The van der Waals surface area contributed by atoms with Gasteiger partial charge in [-0.25, -0.2) is 13.6 Å². The van der Waals surface area contributed by atoms with E-state index in [0.29, 0.717) is 6.07 Å². The molecule has 0 spiro atoms. The van der Waals surface area contributed by atoms with Crippen molar-refractivity contribution >= 4 is 5.97 Å². The summed E-state index contributed by atoms with van der Waals surface area (Å²) >= 11 is 0. The maximum Gasteiger partial charge on any atom is 0.335 e. The largest absolute Gasteiger partial charge is 0.507 e. The minimum absolute atomic E-state index is 0.0233. The van der Waals surface area contributed by atoms with Crippen LogP contribution in [-0.4, -0.2) is 26.3 Å². The summed E-state index contributed by atoms with van der Waals surface area (Å²) in [6, 6.07) is 6.27. The molecule has 0 saturated carbocycles. The lowest BCUT2D eigenvalue weighted by atomic mass is 10.1. The Kier molecular flexibility index (Phi) is 3.49. The number of carboxylic acid groups (broad SMARTS) is 1. The number of carbonyl (C=O) groups is 1. The number of hydrogen-bond donors (Lipinski definition) is 2. The van der Waals surface area contributed by atoms with Crippen LogP contribution in [0.25, 0.3) is 22.8 Å². The molecule has 23 heavy (non-hydrogen) atoms. The zero-order valence-corrected chi connectivity index (χ0v) is 11.3. The maximum absolute atomic E-state index is 13.2. The van der Waals surface area contributed by atoms with E-state index in [1.165, 1.54) is 18.2 Å². The standard InChI is InChI=1S/C15H8F2N2O4/c16-9-3-8(4-10(17)6-9)14-18-13(19-23-14)11-5-7(15(21)22)1-2-12(11)20/h1-6,20H,(H,21,22). The summed E-state index contributed by atoms with van der Waals surface area (Å²) in [5.41, 5.74) is -0.0344. The number of carboxylic acids is 1. The van der Waals surface area contributed by atoms with Crippen molar-refractivity contribution in [3.05, 3.63) is 53.6 Å². The van der Waals surface area contributed by atoms with E-state index < -0.39 is 17.6 Å². The van der Waals surface area contributed by atoms with Gasteiger partial charge in [0.1, 0.15) is 17.4 Å². The number of halogens is 2. The van der Waals surface area contributed by atoms with Crippen LogP contribution in [0.1, 0.15) is 10.4 Å². The third-order valence-corrected chi connectivity index (χ3v) is 3.02. The van der Waals surface area contributed by atoms with Gasteiger partial charge in [0.15, 0.2) is 0 Å². The maximum atomic E-state index is 13.2. The van der Waals surface area contributed by atoms with Crippen molar-refractivity contribution in [1.29, 1.82) is 0 Å². The Morgan fingerprint density at radius 3 is 2.43 bits per heavy atom. The predicted octanol–water partition coefficient (Wildman–Crippen LogP) is 3.09. The Labute approximate surface area is 127 Å². The normalized spacial score (nSPS) is 10.7. The van der Waals surface area contributed by atoms with Gasteiger partial charge in [-0.05, 0) is 30.3 Å². The fourth-order valence-electron chi connectivity index (χ4n) is 1.98. The summed E-state index contributed by atoms with van der Waals surface area (Å²) in [7, 11) is 0. The fraction of sp³-hybridized carbons (Fsp3) is 0. The van der Waals surface area contributed by atoms with E-state index in [2.05, 4.69) is 10.1 Å². The van der Waals surface area contributed by atoms with Crippen molar-refractivity contribution in [3.63, 3.8) is 0 Å². The molecule has 6 nitrogen and oxygen atoms in total. The summed E-state index contributed by atoms with van der Waals surface area (Å²) in [5, 5.41) is 22.4. The molecule has 3 rings (SSSR count). The minimum Gasteiger partial charge on any atom is -0.507 e. The molecule has 1 heterocycles. The first-order valence-electron chi connectivity index (χ1n) is 6.31. The Morgan fingerprint density at radius 2 is 1.78 bits per heavy atom. The van der Waals surface area contributed by atoms with Crippen molar-refractivity contribution in [2.75, 3.05) is 0 Å². The monoisotopic (exact) mass is 318 g/mol. The molecule has 0 radical (unpaired) electrons. The quantitative estimate of drug-likeness (QED) is 0.770. The molecule has 0 fully saturated rings. The zero-order chi connectivity index (χ0) is 16.6. The first-order valence-corrected chi connectivity index (χ1v) is 6.31. The number of benzene rings is 2. The molecule has 3 aromatic rings. The number of aromatic nitrogens is 2. The molecule has 116 valence electrons. The van der Waals surface area contributed by atoms with E-state index >= 15 is 0 Å². The van der Waals surface area contributed by atoms with Crippen molar-refractivity contribution in [2.45, 2.75) is 0 Å². The molecule has 8 heteroatoms. The summed E-state index contributed by atoms with van der Waals surface area (Å²) < 4.78 is 31.3. The molecule has 2 N–H and O–H groups in total. The van der Waals surface area contributed by atoms with Crippen LogP contribution >= 0.6 is 0 Å². The molecule has 2 aromatic carbocycles. The predicted molar refractivity (Wildman–Crippen MR) is 73.7 cm³/mol. The van der Waals surface area contributed by atoms with Crippen LogP contribution in [0.15, 0.2) is 40.9 Å². The number of phenols is 1. The summed E-state index contributed by atoms with van der Waals surface area (Å²) in [4.78, 5) is 14.9. The van der Waals surface area contributed by atoms with Gasteiger partial charge in [-0.1, -0.05) is 5.16 Å². The van der Waals surface area contributed by atoms with Gasteiger partial charge >= 0.3 is 5.97 Å². The van der Waals surface area contributed by atoms with Crippen LogP contribution in [-0.2, 0) is 0 Å². The molecule has 0 amide bonds. The Morgan fingerprint density at radius 1 is 1.09 bits per heavy atom. The summed E-state index contributed by atoms with van der Waals surface area (Å²) in [6.07, 6.45) is 0. The highest BCUT2D eigenvalue weighted by atomic mass is 19.1. The SMILES string of the molecule is O=C(O)c1ccc(O)c(-c2noc(-c3cc(F)cc(F)c3)n2)c1. The Hall–Kier alpha value is -3.29. The van der Waals surface area contributed by atoms with Gasteiger partial charge in [0.2, 0.25) is 5.82 Å². The Balaban J connectivity index is 2.05. The minimum atomic E-state index is -1.19.